The lowest BCUT2D eigenvalue weighted by atomic mass is 10.2. The Morgan fingerprint density at radius 3 is 2.86 bits per heavy atom. The fraction of sp³-hybridized carbons (Fsp3) is 0.312. The Balaban J connectivity index is 1.61. The number of halogens is 1. The molecule has 0 bridgehead atoms. The van der Waals surface area contributed by atoms with Crippen LogP contribution in [0.2, 0.25) is 0 Å². The molecule has 0 spiro atoms. The quantitative estimate of drug-likeness (QED) is 0.940. The minimum absolute atomic E-state index is 0.00761. The number of amides is 2. The highest BCUT2D eigenvalue weighted by atomic mass is 19.1. The van der Waals surface area contributed by atoms with Gasteiger partial charge in [0.15, 0.2) is 0 Å². The molecule has 1 aliphatic heterocycles. The molecule has 21 heavy (non-hydrogen) atoms. The number of rotatable bonds is 3. The summed E-state index contributed by atoms with van der Waals surface area (Å²) in [6, 6.07) is 9.75. The summed E-state index contributed by atoms with van der Waals surface area (Å²) in [7, 11) is 0. The number of hydrogen-bond donors (Lipinski definition) is 1. The van der Waals surface area contributed by atoms with E-state index in [1.165, 1.54) is 12.1 Å². The standard InChI is InChI=1S/C16H17FN2O2/c17-13-7-5-12(6-8-13)11-18-16(20)19-9-1-3-14(19)15-4-2-10-21-15/h2,4-8,10,14H,1,3,9,11H2,(H,18,20). The Labute approximate surface area is 122 Å². The van der Waals surface area contributed by atoms with Crippen molar-refractivity contribution in [2.45, 2.75) is 25.4 Å². The number of furan rings is 1. The van der Waals surface area contributed by atoms with Gasteiger partial charge in [0.25, 0.3) is 0 Å². The van der Waals surface area contributed by atoms with Gasteiger partial charge < -0.3 is 14.6 Å². The molecule has 0 radical (unpaired) electrons. The average molecular weight is 288 g/mol. The van der Waals surface area contributed by atoms with E-state index in [0.717, 1.165) is 30.7 Å². The molecule has 1 aliphatic rings. The number of benzene rings is 1. The largest absolute Gasteiger partial charge is 0.467 e. The van der Waals surface area contributed by atoms with Crippen LogP contribution in [0.15, 0.2) is 47.1 Å². The monoisotopic (exact) mass is 288 g/mol. The highest BCUT2D eigenvalue weighted by Crippen LogP contribution is 2.31. The number of nitrogens with zero attached hydrogens (tertiary/aromatic N) is 1. The lowest BCUT2D eigenvalue weighted by molar-refractivity contribution is 0.186. The summed E-state index contributed by atoms with van der Waals surface area (Å²) in [6.07, 6.45) is 3.51. The molecule has 2 amide bonds. The van der Waals surface area contributed by atoms with E-state index >= 15 is 0 Å². The van der Waals surface area contributed by atoms with Crippen molar-refractivity contribution in [3.8, 4) is 0 Å². The molecule has 1 atom stereocenters. The van der Waals surface area contributed by atoms with Crippen molar-refractivity contribution in [2.75, 3.05) is 6.54 Å². The van der Waals surface area contributed by atoms with Crippen molar-refractivity contribution in [1.82, 2.24) is 10.2 Å². The molecule has 0 aliphatic carbocycles. The highest BCUT2D eigenvalue weighted by molar-refractivity contribution is 5.75. The van der Waals surface area contributed by atoms with E-state index in [1.54, 1.807) is 23.3 Å². The number of urea groups is 1. The van der Waals surface area contributed by atoms with Gasteiger partial charge in [-0.1, -0.05) is 12.1 Å². The Morgan fingerprint density at radius 2 is 2.14 bits per heavy atom. The molecule has 1 aromatic heterocycles. The van der Waals surface area contributed by atoms with Gasteiger partial charge in [0.05, 0.1) is 12.3 Å². The number of carbonyl (C=O) groups excluding carboxylic acids is 1. The minimum atomic E-state index is -0.275. The molecule has 0 saturated carbocycles. The molecule has 1 aromatic carbocycles. The topological polar surface area (TPSA) is 45.5 Å². The first-order valence-corrected chi connectivity index (χ1v) is 7.06. The molecular weight excluding hydrogens is 271 g/mol. The molecule has 1 N–H and O–H groups in total. The first-order valence-electron chi connectivity index (χ1n) is 7.06. The summed E-state index contributed by atoms with van der Waals surface area (Å²) in [6.45, 7) is 1.11. The van der Waals surface area contributed by atoms with E-state index in [9.17, 15) is 9.18 Å². The van der Waals surface area contributed by atoms with Gasteiger partial charge in [-0.15, -0.1) is 0 Å². The molecule has 1 unspecified atom stereocenters. The minimum Gasteiger partial charge on any atom is -0.467 e. The molecule has 1 saturated heterocycles. The lowest BCUT2D eigenvalue weighted by Gasteiger charge is -2.23. The summed E-state index contributed by atoms with van der Waals surface area (Å²) in [4.78, 5) is 14.1. The van der Waals surface area contributed by atoms with Crippen molar-refractivity contribution in [1.29, 1.82) is 0 Å². The maximum Gasteiger partial charge on any atom is 0.318 e. The second kappa shape index (κ2) is 5.99. The fourth-order valence-corrected chi connectivity index (χ4v) is 2.67. The molecule has 2 aromatic rings. The van der Waals surface area contributed by atoms with Crippen LogP contribution < -0.4 is 5.32 Å². The van der Waals surface area contributed by atoms with Crippen LogP contribution >= 0.6 is 0 Å². The van der Waals surface area contributed by atoms with E-state index < -0.39 is 0 Å². The second-order valence-corrected chi connectivity index (χ2v) is 5.15. The maximum absolute atomic E-state index is 12.8. The Kier molecular flexibility index (Phi) is 3.90. The van der Waals surface area contributed by atoms with Gasteiger partial charge in [-0.3, -0.25) is 0 Å². The molecule has 5 heteroatoms. The zero-order chi connectivity index (χ0) is 14.7. The molecular formula is C16H17FN2O2. The smallest absolute Gasteiger partial charge is 0.318 e. The van der Waals surface area contributed by atoms with Crippen LogP contribution in [0, 0.1) is 5.82 Å². The summed E-state index contributed by atoms with van der Waals surface area (Å²) in [5, 5.41) is 2.88. The summed E-state index contributed by atoms with van der Waals surface area (Å²) in [5.41, 5.74) is 0.874. The van der Waals surface area contributed by atoms with Crippen LogP contribution in [0.4, 0.5) is 9.18 Å². The normalized spacial score (nSPS) is 18.0. The van der Waals surface area contributed by atoms with Crippen molar-refractivity contribution in [3.05, 3.63) is 59.8 Å². The average Bonchev–Trinajstić information content (AvgIpc) is 3.16. The number of nitrogens with one attached hydrogen (secondary N) is 1. The summed E-state index contributed by atoms with van der Waals surface area (Å²) >= 11 is 0. The van der Waals surface area contributed by atoms with E-state index in [4.69, 9.17) is 4.42 Å². The first kappa shape index (κ1) is 13.7. The van der Waals surface area contributed by atoms with Gasteiger partial charge in [0, 0.05) is 13.1 Å². The molecule has 110 valence electrons. The van der Waals surface area contributed by atoms with Gasteiger partial charge in [-0.05, 0) is 42.7 Å². The Bertz CT molecular complexity index is 595. The van der Waals surface area contributed by atoms with E-state index in [0.29, 0.717) is 6.54 Å². The Hall–Kier alpha value is -2.30. The predicted molar refractivity (Wildman–Crippen MR) is 76.0 cm³/mol. The summed E-state index contributed by atoms with van der Waals surface area (Å²) in [5.74, 6) is 0.548. The number of hydrogen-bond acceptors (Lipinski definition) is 2. The molecule has 1 fully saturated rings. The number of likely N-dealkylation sites (tertiary alicyclic amines) is 1. The SMILES string of the molecule is O=C(NCc1ccc(F)cc1)N1CCCC1c1ccco1. The predicted octanol–water partition coefficient (Wildman–Crippen LogP) is 3.47. The third-order valence-corrected chi connectivity index (χ3v) is 3.74. The van der Waals surface area contributed by atoms with E-state index in [2.05, 4.69) is 5.32 Å². The maximum atomic E-state index is 12.8. The van der Waals surface area contributed by atoms with Crippen LogP contribution in [0.1, 0.15) is 30.2 Å². The van der Waals surface area contributed by atoms with Crippen LogP contribution in [0.3, 0.4) is 0 Å². The fourth-order valence-electron chi connectivity index (χ4n) is 2.67. The van der Waals surface area contributed by atoms with Crippen LogP contribution in [-0.4, -0.2) is 17.5 Å². The third-order valence-electron chi connectivity index (χ3n) is 3.74. The molecule has 4 nitrogen and oxygen atoms in total. The van der Waals surface area contributed by atoms with Crippen molar-refractivity contribution in [3.63, 3.8) is 0 Å². The van der Waals surface area contributed by atoms with Crippen LogP contribution in [0.5, 0.6) is 0 Å². The van der Waals surface area contributed by atoms with Crippen molar-refractivity contribution < 1.29 is 13.6 Å². The first-order chi connectivity index (χ1) is 10.2. The Morgan fingerprint density at radius 1 is 1.33 bits per heavy atom. The molecule has 3 rings (SSSR count). The highest BCUT2D eigenvalue weighted by Gasteiger charge is 2.31. The van der Waals surface area contributed by atoms with E-state index in [-0.39, 0.29) is 17.9 Å². The van der Waals surface area contributed by atoms with Gasteiger partial charge in [0.2, 0.25) is 0 Å². The number of carbonyl (C=O) groups is 1. The van der Waals surface area contributed by atoms with Gasteiger partial charge in [-0.2, -0.15) is 0 Å². The van der Waals surface area contributed by atoms with Gasteiger partial charge in [-0.25, -0.2) is 9.18 Å². The van der Waals surface area contributed by atoms with Crippen molar-refractivity contribution in [2.24, 2.45) is 0 Å². The zero-order valence-corrected chi connectivity index (χ0v) is 11.6. The third kappa shape index (κ3) is 3.07. The second-order valence-electron chi connectivity index (χ2n) is 5.15. The zero-order valence-electron chi connectivity index (χ0n) is 11.6. The van der Waals surface area contributed by atoms with Gasteiger partial charge >= 0.3 is 6.03 Å². The van der Waals surface area contributed by atoms with Crippen molar-refractivity contribution >= 4 is 6.03 Å². The van der Waals surface area contributed by atoms with Crippen LogP contribution in [0.25, 0.3) is 0 Å². The van der Waals surface area contributed by atoms with E-state index in [1.807, 2.05) is 12.1 Å². The van der Waals surface area contributed by atoms with Gasteiger partial charge in [0.1, 0.15) is 11.6 Å². The lowest BCUT2D eigenvalue weighted by Crippen LogP contribution is -2.39. The summed E-state index contributed by atoms with van der Waals surface area (Å²) < 4.78 is 18.2. The van der Waals surface area contributed by atoms with Crippen LogP contribution in [-0.2, 0) is 6.54 Å². The molecule has 2 heterocycles.